The fourth-order valence-electron chi connectivity index (χ4n) is 1.86. The van der Waals surface area contributed by atoms with Crippen molar-refractivity contribution < 1.29 is 22.9 Å². The molecule has 0 saturated heterocycles. The van der Waals surface area contributed by atoms with Crippen molar-refractivity contribution in [3.8, 4) is 0 Å². The average Bonchev–Trinajstić information content (AvgIpc) is 2.83. The third-order valence-electron chi connectivity index (χ3n) is 3.00. The van der Waals surface area contributed by atoms with Crippen LogP contribution >= 0.6 is 7.60 Å². The predicted octanol–water partition coefficient (Wildman–Crippen LogP) is 2.30. The maximum Gasteiger partial charge on any atom is 0.361 e. The Balaban J connectivity index is 2.97. The topological polar surface area (TPSA) is 98.6 Å². The lowest BCUT2D eigenvalue weighted by Crippen LogP contribution is -2.26. The number of rotatable bonds is 8. The minimum Gasteiger partial charge on any atom is -0.339 e. The summed E-state index contributed by atoms with van der Waals surface area (Å²) in [5, 5.41) is 2.29. The van der Waals surface area contributed by atoms with Gasteiger partial charge >= 0.3 is 13.2 Å². The first kappa shape index (κ1) is 16.9. The molecule has 0 aromatic carbocycles. The van der Waals surface area contributed by atoms with Crippen LogP contribution in [0.25, 0.3) is 0 Å². The fraction of sp³-hybridized carbons (Fsp3) is 0.667. The SMILES string of the molecule is CCOP(=O)(OCC)C(C)C(=O)C(C)c1c[nH]oc1=O. The highest BCUT2D eigenvalue weighted by molar-refractivity contribution is 7.55. The van der Waals surface area contributed by atoms with Gasteiger partial charge in [-0.3, -0.25) is 9.36 Å². The van der Waals surface area contributed by atoms with Crippen LogP contribution in [-0.2, 0) is 18.4 Å². The van der Waals surface area contributed by atoms with Crippen molar-refractivity contribution in [1.29, 1.82) is 0 Å². The van der Waals surface area contributed by atoms with Gasteiger partial charge in [-0.2, -0.15) is 0 Å². The van der Waals surface area contributed by atoms with Gasteiger partial charge in [-0.15, -0.1) is 0 Å². The summed E-state index contributed by atoms with van der Waals surface area (Å²) in [4.78, 5) is 23.8. The number of Topliss-reactive ketones (excluding diaryl/α,β-unsaturated/α-hetero) is 1. The zero-order valence-corrected chi connectivity index (χ0v) is 12.9. The van der Waals surface area contributed by atoms with E-state index in [9.17, 15) is 14.2 Å². The molecule has 0 radical (unpaired) electrons. The number of nitrogens with one attached hydrogen (secondary N) is 1. The van der Waals surface area contributed by atoms with Gasteiger partial charge in [0, 0.05) is 12.1 Å². The lowest BCUT2D eigenvalue weighted by Gasteiger charge is -2.24. The molecule has 20 heavy (non-hydrogen) atoms. The smallest absolute Gasteiger partial charge is 0.339 e. The summed E-state index contributed by atoms with van der Waals surface area (Å²) in [6.45, 7) is 6.74. The van der Waals surface area contributed by atoms with Gasteiger partial charge in [0.25, 0.3) is 0 Å². The zero-order chi connectivity index (χ0) is 15.3. The summed E-state index contributed by atoms with van der Waals surface area (Å²) in [7, 11) is -3.53. The third-order valence-corrected chi connectivity index (χ3v) is 5.44. The predicted molar refractivity (Wildman–Crippen MR) is 73.1 cm³/mol. The number of aromatic nitrogens is 1. The third kappa shape index (κ3) is 3.48. The fourth-order valence-corrected chi connectivity index (χ4v) is 3.63. The second-order valence-electron chi connectivity index (χ2n) is 4.28. The Kier molecular flexibility index (Phi) is 5.92. The van der Waals surface area contributed by atoms with E-state index in [1.807, 2.05) is 0 Å². The Hall–Kier alpha value is -1.17. The number of H-pyrrole nitrogens is 1. The van der Waals surface area contributed by atoms with Crippen LogP contribution in [0.3, 0.4) is 0 Å². The number of aromatic amines is 1. The van der Waals surface area contributed by atoms with E-state index < -0.39 is 24.8 Å². The second-order valence-corrected chi connectivity index (χ2v) is 6.65. The molecule has 1 heterocycles. The van der Waals surface area contributed by atoms with Crippen LogP contribution < -0.4 is 5.63 Å². The molecule has 1 aromatic rings. The van der Waals surface area contributed by atoms with E-state index >= 15 is 0 Å². The summed E-state index contributed by atoms with van der Waals surface area (Å²) in [5.74, 6) is -1.14. The Morgan fingerprint density at radius 2 is 1.90 bits per heavy atom. The van der Waals surface area contributed by atoms with E-state index in [0.29, 0.717) is 0 Å². The van der Waals surface area contributed by atoms with Crippen molar-refractivity contribution in [1.82, 2.24) is 5.16 Å². The Bertz CT molecular complexity index is 538. The summed E-state index contributed by atoms with van der Waals surface area (Å²) in [6, 6.07) is 0. The lowest BCUT2D eigenvalue weighted by atomic mass is 9.98. The Morgan fingerprint density at radius 3 is 2.30 bits per heavy atom. The van der Waals surface area contributed by atoms with Crippen molar-refractivity contribution in [2.75, 3.05) is 13.2 Å². The molecule has 0 spiro atoms. The summed E-state index contributed by atoms with van der Waals surface area (Å²) in [5.41, 5.74) is -1.37. The zero-order valence-electron chi connectivity index (χ0n) is 12.0. The second kappa shape index (κ2) is 7.02. The van der Waals surface area contributed by atoms with E-state index in [0.717, 1.165) is 0 Å². The molecule has 0 saturated carbocycles. The largest absolute Gasteiger partial charge is 0.361 e. The highest BCUT2D eigenvalue weighted by Gasteiger charge is 2.40. The van der Waals surface area contributed by atoms with Gasteiger partial charge < -0.3 is 13.6 Å². The van der Waals surface area contributed by atoms with E-state index in [-0.39, 0.29) is 24.6 Å². The first-order chi connectivity index (χ1) is 9.37. The van der Waals surface area contributed by atoms with Crippen LogP contribution in [0.2, 0.25) is 0 Å². The molecule has 2 atom stereocenters. The van der Waals surface area contributed by atoms with Gasteiger partial charge in [-0.25, -0.2) is 9.95 Å². The molecule has 0 bridgehead atoms. The normalized spacial score (nSPS) is 15.0. The number of carbonyl (C=O) groups excluding carboxylic acids is 1. The maximum absolute atomic E-state index is 12.5. The molecular weight excluding hydrogens is 285 g/mol. The van der Waals surface area contributed by atoms with Crippen LogP contribution in [0.4, 0.5) is 0 Å². The van der Waals surface area contributed by atoms with Gasteiger partial charge in [-0.1, -0.05) is 6.92 Å². The quantitative estimate of drug-likeness (QED) is 0.740. The molecule has 114 valence electrons. The van der Waals surface area contributed by atoms with Crippen molar-refractivity contribution in [2.24, 2.45) is 0 Å². The molecule has 1 aromatic heterocycles. The number of ketones is 1. The molecule has 8 heteroatoms. The van der Waals surface area contributed by atoms with E-state index in [2.05, 4.69) is 9.68 Å². The van der Waals surface area contributed by atoms with Crippen LogP contribution in [0.1, 0.15) is 39.2 Å². The molecule has 2 unspecified atom stereocenters. The molecule has 0 amide bonds. The van der Waals surface area contributed by atoms with E-state index in [1.165, 1.54) is 13.1 Å². The molecule has 7 nitrogen and oxygen atoms in total. The van der Waals surface area contributed by atoms with Crippen LogP contribution in [0.5, 0.6) is 0 Å². The van der Waals surface area contributed by atoms with Crippen molar-refractivity contribution in [3.63, 3.8) is 0 Å². The van der Waals surface area contributed by atoms with Crippen LogP contribution in [0, 0.1) is 0 Å². The first-order valence-corrected chi connectivity index (χ1v) is 8.07. The molecule has 1 rings (SSSR count). The van der Waals surface area contributed by atoms with Gasteiger partial charge in [0.2, 0.25) is 0 Å². The molecule has 1 N–H and O–H groups in total. The molecular formula is C12H20NO6P. The van der Waals surface area contributed by atoms with Gasteiger partial charge in [0.05, 0.1) is 18.8 Å². The average molecular weight is 305 g/mol. The van der Waals surface area contributed by atoms with Gasteiger partial charge in [0.15, 0.2) is 5.78 Å². The molecule has 0 aliphatic carbocycles. The highest BCUT2D eigenvalue weighted by Crippen LogP contribution is 2.54. The maximum atomic E-state index is 12.5. The summed E-state index contributed by atoms with van der Waals surface area (Å²) in [6.07, 6.45) is 1.32. The van der Waals surface area contributed by atoms with Crippen molar-refractivity contribution in [2.45, 2.75) is 39.3 Å². The summed E-state index contributed by atoms with van der Waals surface area (Å²) >= 11 is 0. The van der Waals surface area contributed by atoms with Crippen LogP contribution in [-0.4, -0.2) is 29.8 Å². The molecule has 0 fully saturated rings. The molecule has 0 aliphatic heterocycles. The highest BCUT2D eigenvalue weighted by atomic mass is 31.2. The summed E-state index contributed by atoms with van der Waals surface area (Å²) < 4.78 is 27.4. The molecule has 0 aliphatic rings. The minimum atomic E-state index is -3.53. The van der Waals surface area contributed by atoms with Crippen molar-refractivity contribution in [3.05, 3.63) is 22.2 Å². The standard InChI is InChI=1S/C12H20NO6P/c1-5-17-20(16,18-6-2)9(4)11(14)8(3)10-7-13-19-12(10)15/h7-9,13H,5-6H2,1-4H3. The van der Waals surface area contributed by atoms with E-state index in [4.69, 9.17) is 9.05 Å². The minimum absolute atomic E-state index is 0.176. The van der Waals surface area contributed by atoms with Crippen LogP contribution in [0.15, 0.2) is 15.5 Å². The number of carbonyl (C=O) groups is 1. The number of hydrogen-bond donors (Lipinski definition) is 1. The van der Waals surface area contributed by atoms with Crippen molar-refractivity contribution >= 4 is 13.4 Å². The van der Waals surface area contributed by atoms with E-state index in [1.54, 1.807) is 20.8 Å². The number of hydrogen-bond acceptors (Lipinski definition) is 6. The van der Waals surface area contributed by atoms with Gasteiger partial charge in [-0.05, 0) is 20.8 Å². The Morgan fingerprint density at radius 1 is 1.35 bits per heavy atom. The lowest BCUT2D eigenvalue weighted by molar-refractivity contribution is -0.119. The van der Waals surface area contributed by atoms with Gasteiger partial charge in [0.1, 0.15) is 5.66 Å². The first-order valence-electron chi connectivity index (χ1n) is 6.46. The monoisotopic (exact) mass is 305 g/mol. The Labute approximate surface area is 117 Å².